The van der Waals surface area contributed by atoms with Gasteiger partial charge in [-0.2, -0.15) is 0 Å². The van der Waals surface area contributed by atoms with E-state index >= 15 is 0 Å². The van der Waals surface area contributed by atoms with Crippen LogP contribution in [0.2, 0.25) is 0 Å². The molecule has 0 bridgehead atoms. The Bertz CT molecular complexity index is 583. The quantitative estimate of drug-likeness (QED) is 0.912. The van der Waals surface area contributed by atoms with Crippen molar-refractivity contribution < 1.29 is 14.3 Å². The molecule has 6 heteroatoms. The van der Waals surface area contributed by atoms with Gasteiger partial charge in [0.15, 0.2) is 4.73 Å². The molecular weight excluding hydrogens is 303 g/mol. The molecule has 0 saturated carbocycles. The number of rotatable bonds is 4. The number of aryl methyl sites for hydroxylation is 1. The number of carbonyl (C=O) groups is 1. The second kappa shape index (κ2) is 5.30. The number of hydrogen-bond acceptors (Lipinski definition) is 2. The van der Waals surface area contributed by atoms with Crippen LogP contribution in [-0.2, 0) is 11.2 Å². The van der Waals surface area contributed by atoms with Crippen LogP contribution in [0.5, 0.6) is 0 Å². The second-order valence-electron chi connectivity index (χ2n) is 3.73. The highest BCUT2D eigenvalue weighted by molar-refractivity contribution is 9.10. The van der Waals surface area contributed by atoms with Crippen molar-refractivity contribution in [3.05, 3.63) is 40.5 Å². The number of carboxylic acids is 1. The molecule has 1 aromatic carbocycles. The van der Waals surface area contributed by atoms with E-state index in [2.05, 4.69) is 25.9 Å². The van der Waals surface area contributed by atoms with E-state index in [1.54, 1.807) is 18.2 Å². The van der Waals surface area contributed by atoms with Gasteiger partial charge in [-0.25, -0.2) is 9.37 Å². The Labute approximate surface area is 111 Å². The SMILES string of the molecule is O=C(O)CCc1[nH]c(Br)nc1-c1ccccc1F. The van der Waals surface area contributed by atoms with Crippen molar-refractivity contribution >= 4 is 21.9 Å². The number of imidazole rings is 1. The summed E-state index contributed by atoms with van der Waals surface area (Å²) in [6.45, 7) is 0. The van der Waals surface area contributed by atoms with Crippen LogP contribution in [0.1, 0.15) is 12.1 Å². The van der Waals surface area contributed by atoms with Crippen molar-refractivity contribution in [2.24, 2.45) is 0 Å². The molecule has 0 radical (unpaired) electrons. The van der Waals surface area contributed by atoms with E-state index in [0.29, 0.717) is 21.7 Å². The summed E-state index contributed by atoms with van der Waals surface area (Å²) in [6.07, 6.45) is 0.244. The molecule has 2 aromatic rings. The Morgan fingerprint density at radius 3 is 2.83 bits per heavy atom. The largest absolute Gasteiger partial charge is 0.481 e. The molecule has 0 aliphatic rings. The minimum absolute atomic E-state index is 0.0317. The number of H-pyrrole nitrogens is 1. The molecule has 94 valence electrons. The molecule has 0 unspecified atom stereocenters. The zero-order valence-electron chi connectivity index (χ0n) is 9.28. The van der Waals surface area contributed by atoms with Gasteiger partial charge in [-0.3, -0.25) is 4.79 Å². The fourth-order valence-electron chi connectivity index (χ4n) is 1.67. The van der Waals surface area contributed by atoms with E-state index in [1.165, 1.54) is 6.07 Å². The van der Waals surface area contributed by atoms with Crippen LogP contribution in [-0.4, -0.2) is 21.0 Å². The first-order chi connectivity index (χ1) is 8.58. The van der Waals surface area contributed by atoms with Gasteiger partial charge in [-0.05, 0) is 28.1 Å². The minimum atomic E-state index is -0.903. The highest BCUT2D eigenvalue weighted by Crippen LogP contribution is 2.26. The fourth-order valence-corrected chi connectivity index (χ4v) is 2.08. The standard InChI is InChI=1S/C12H10BrFN2O2/c13-12-15-9(5-6-10(17)18)11(16-12)7-3-1-2-4-8(7)14/h1-4H,5-6H2,(H,15,16)(H,17,18). The number of aromatic amines is 1. The lowest BCUT2D eigenvalue weighted by Crippen LogP contribution is -1.99. The van der Waals surface area contributed by atoms with E-state index in [1.807, 2.05) is 0 Å². The number of aromatic nitrogens is 2. The van der Waals surface area contributed by atoms with Gasteiger partial charge < -0.3 is 10.1 Å². The maximum absolute atomic E-state index is 13.7. The lowest BCUT2D eigenvalue weighted by atomic mass is 10.1. The monoisotopic (exact) mass is 312 g/mol. The lowest BCUT2D eigenvalue weighted by molar-refractivity contribution is -0.136. The Kier molecular flexibility index (Phi) is 3.76. The van der Waals surface area contributed by atoms with E-state index in [-0.39, 0.29) is 18.7 Å². The van der Waals surface area contributed by atoms with Crippen LogP contribution in [0.4, 0.5) is 4.39 Å². The van der Waals surface area contributed by atoms with Gasteiger partial charge in [-0.15, -0.1) is 0 Å². The van der Waals surface area contributed by atoms with Gasteiger partial charge in [0.1, 0.15) is 5.82 Å². The van der Waals surface area contributed by atoms with E-state index in [9.17, 15) is 9.18 Å². The van der Waals surface area contributed by atoms with Crippen molar-refractivity contribution in [3.63, 3.8) is 0 Å². The number of nitrogens with zero attached hydrogens (tertiary/aromatic N) is 1. The fraction of sp³-hybridized carbons (Fsp3) is 0.167. The molecule has 0 aliphatic heterocycles. The van der Waals surface area contributed by atoms with Crippen LogP contribution >= 0.6 is 15.9 Å². The van der Waals surface area contributed by atoms with Crippen molar-refractivity contribution in [2.45, 2.75) is 12.8 Å². The second-order valence-corrected chi connectivity index (χ2v) is 4.48. The van der Waals surface area contributed by atoms with E-state index in [0.717, 1.165) is 0 Å². The average molecular weight is 313 g/mol. The van der Waals surface area contributed by atoms with Crippen LogP contribution in [0.3, 0.4) is 0 Å². The summed E-state index contributed by atoms with van der Waals surface area (Å²) >= 11 is 3.18. The summed E-state index contributed by atoms with van der Waals surface area (Å²) in [5, 5.41) is 8.68. The number of benzene rings is 1. The smallest absolute Gasteiger partial charge is 0.303 e. The van der Waals surface area contributed by atoms with Crippen molar-refractivity contribution in [1.29, 1.82) is 0 Å². The molecule has 0 fully saturated rings. The Morgan fingerprint density at radius 2 is 2.17 bits per heavy atom. The van der Waals surface area contributed by atoms with Gasteiger partial charge in [0, 0.05) is 17.7 Å². The van der Waals surface area contributed by atoms with Crippen molar-refractivity contribution in [1.82, 2.24) is 9.97 Å². The molecule has 1 heterocycles. The van der Waals surface area contributed by atoms with Crippen LogP contribution in [0.15, 0.2) is 29.0 Å². The maximum Gasteiger partial charge on any atom is 0.303 e. The molecule has 0 saturated heterocycles. The predicted octanol–water partition coefficient (Wildman–Crippen LogP) is 3.00. The van der Waals surface area contributed by atoms with E-state index < -0.39 is 5.97 Å². The first-order valence-electron chi connectivity index (χ1n) is 5.29. The molecule has 1 aromatic heterocycles. The third kappa shape index (κ3) is 2.76. The van der Waals surface area contributed by atoms with Crippen molar-refractivity contribution in [2.75, 3.05) is 0 Å². The number of hydrogen-bond donors (Lipinski definition) is 2. The topological polar surface area (TPSA) is 66.0 Å². The summed E-state index contributed by atoms with van der Waals surface area (Å²) in [5.41, 5.74) is 1.41. The maximum atomic E-state index is 13.7. The molecule has 2 N–H and O–H groups in total. The van der Waals surface area contributed by atoms with Gasteiger partial charge in [-0.1, -0.05) is 12.1 Å². The van der Waals surface area contributed by atoms with Crippen LogP contribution < -0.4 is 0 Å². The van der Waals surface area contributed by atoms with Gasteiger partial charge in [0.05, 0.1) is 12.1 Å². The molecule has 4 nitrogen and oxygen atoms in total. The molecule has 18 heavy (non-hydrogen) atoms. The summed E-state index contributed by atoms with van der Waals surface area (Å²) in [7, 11) is 0. The van der Waals surface area contributed by atoms with E-state index in [4.69, 9.17) is 5.11 Å². The van der Waals surface area contributed by atoms with Crippen LogP contribution in [0.25, 0.3) is 11.3 Å². The molecule has 0 aliphatic carbocycles. The molecular formula is C12H10BrFN2O2. The molecule has 0 spiro atoms. The molecule has 0 amide bonds. The zero-order chi connectivity index (χ0) is 13.1. The highest BCUT2D eigenvalue weighted by atomic mass is 79.9. The minimum Gasteiger partial charge on any atom is -0.481 e. The van der Waals surface area contributed by atoms with Crippen LogP contribution in [0, 0.1) is 5.82 Å². The van der Waals surface area contributed by atoms with Gasteiger partial charge in [0.25, 0.3) is 0 Å². The predicted molar refractivity (Wildman–Crippen MR) is 67.6 cm³/mol. The van der Waals surface area contributed by atoms with Gasteiger partial charge >= 0.3 is 5.97 Å². The Balaban J connectivity index is 2.38. The number of aliphatic carboxylic acids is 1. The Morgan fingerprint density at radius 1 is 1.44 bits per heavy atom. The lowest BCUT2D eigenvalue weighted by Gasteiger charge is -2.02. The number of halogens is 2. The first-order valence-corrected chi connectivity index (χ1v) is 6.08. The Hall–Kier alpha value is -1.69. The summed E-state index contributed by atoms with van der Waals surface area (Å²) in [5.74, 6) is -1.28. The highest BCUT2D eigenvalue weighted by Gasteiger charge is 2.15. The summed E-state index contributed by atoms with van der Waals surface area (Å²) in [4.78, 5) is 17.6. The summed E-state index contributed by atoms with van der Waals surface area (Å²) < 4.78 is 14.1. The summed E-state index contributed by atoms with van der Waals surface area (Å²) in [6, 6.07) is 6.26. The van der Waals surface area contributed by atoms with Gasteiger partial charge in [0.2, 0.25) is 0 Å². The number of carboxylic acid groups (broad SMARTS) is 1. The normalized spacial score (nSPS) is 10.6. The third-order valence-electron chi connectivity index (χ3n) is 2.47. The average Bonchev–Trinajstić information content (AvgIpc) is 2.68. The van der Waals surface area contributed by atoms with Crippen molar-refractivity contribution in [3.8, 4) is 11.3 Å². The first kappa shape index (κ1) is 12.8. The molecule has 0 atom stereocenters. The molecule has 2 rings (SSSR count). The zero-order valence-corrected chi connectivity index (χ0v) is 10.9. The third-order valence-corrected chi connectivity index (χ3v) is 2.84. The number of nitrogens with one attached hydrogen (secondary N) is 1.